The molecular formula is C21H31NO4. The van der Waals surface area contributed by atoms with Gasteiger partial charge in [0.2, 0.25) is 0 Å². The fraction of sp³-hybridized carbons (Fsp3) is 0.667. The van der Waals surface area contributed by atoms with Crippen LogP contribution in [0.5, 0.6) is 0 Å². The summed E-state index contributed by atoms with van der Waals surface area (Å²) in [5.41, 5.74) is 0. The van der Waals surface area contributed by atoms with Gasteiger partial charge >= 0.3 is 5.97 Å². The van der Waals surface area contributed by atoms with Crippen molar-refractivity contribution in [2.24, 2.45) is 23.7 Å². The fourth-order valence-corrected chi connectivity index (χ4v) is 3.79. The van der Waals surface area contributed by atoms with Crippen LogP contribution in [0.25, 0.3) is 0 Å². The average Bonchev–Trinajstić information content (AvgIpc) is 2.93. The highest BCUT2D eigenvalue weighted by Crippen LogP contribution is 2.42. The SMILES string of the molecule is CC=CC[C@H](CC(=O)O)C1C(=O)CC(C#N)C1C=CCCCCCCO. The Kier molecular flexibility index (Phi) is 10.6. The van der Waals surface area contributed by atoms with Crippen molar-refractivity contribution >= 4 is 11.8 Å². The Morgan fingerprint density at radius 2 is 2.04 bits per heavy atom. The van der Waals surface area contributed by atoms with E-state index in [1.165, 1.54) is 0 Å². The molecule has 0 heterocycles. The Morgan fingerprint density at radius 3 is 2.65 bits per heavy atom. The van der Waals surface area contributed by atoms with Crippen molar-refractivity contribution in [2.45, 2.75) is 58.3 Å². The van der Waals surface area contributed by atoms with Gasteiger partial charge in [-0.15, -0.1) is 0 Å². The van der Waals surface area contributed by atoms with Gasteiger partial charge in [-0.3, -0.25) is 9.59 Å². The molecule has 144 valence electrons. The van der Waals surface area contributed by atoms with E-state index in [-0.39, 0.29) is 43.0 Å². The zero-order valence-electron chi connectivity index (χ0n) is 15.6. The molecule has 5 nitrogen and oxygen atoms in total. The van der Waals surface area contributed by atoms with Gasteiger partial charge in [-0.2, -0.15) is 5.26 Å². The van der Waals surface area contributed by atoms with Crippen molar-refractivity contribution in [1.29, 1.82) is 5.26 Å². The summed E-state index contributed by atoms with van der Waals surface area (Å²) in [5.74, 6) is -2.10. The zero-order valence-corrected chi connectivity index (χ0v) is 15.6. The van der Waals surface area contributed by atoms with Crippen LogP contribution in [0, 0.1) is 35.0 Å². The quantitative estimate of drug-likeness (QED) is 0.406. The summed E-state index contributed by atoms with van der Waals surface area (Å²) in [5, 5.41) is 27.4. The number of nitriles is 1. The van der Waals surface area contributed by atoms with Crippen molar-refractivity contribution in [2.75, 3.05) is 6.61 Å². The van der Waals surface area contributed by atoms with Crippen molar-refractivity contribution < 1.29 is 19.8 Å². The summed E-state index contributed by atoms with van der Waals surface area (Å²) in [6, 6.07) is 2.24. The highest BCUT2D eigenvalue weighted by molar-refractivity contribution is 5.85. The number of hydrogen-bond donors (Lipinski definition) is 2. The van der Waals surface area contributed by atoms with Gasteiger partial charge in [-0.25, -0.2) is 0 Å². The van der Waals surface area contributed by atoms with Gasteiger partial charge in [0.1, 0.15) is 5.78 Å². The van der Waals surface area contributed by atoms with Crippen LogP contribution in [-0.2, 0) is 9.59 Å². The Morgan fingerprint density at radius 1 is 1.31 bits per heavy atom. The van der Waals surface area contributed by atoms with E-state index in [1.807, 2.05) is 31.2 Å². The third-order valence-corrected chi connectivity index (χ3v) is 5.09. The number of nitrogens with zero attached hydrogens (tertiary/aromatic N) is 1. The molecule has 2 N–H and O–H groups in total. The maximum Gasteiger partial charge on any atom is 0.303 e. The lowest BCUT2D eigenvalue weighted by Gasteiger charge is -2.25. The van der Waals surface area contributed by atoms with Gasteiger partial charge in [-0.05, 0) is 38.5 Å². The molecule has 0 aromatic carbocycles. The number of hydrogen-bond acceptors (Lipinski definition) is 4. The molecule has 0 spiro atoms. The monoisotopic (exact) mass is 361 g/mol. The predicted molar refractivity (Wildman–Crippen MR) is 100 cm³/mol. The van der Waals surface area contributed by atoms with Crippen LogP contribution in [0.2, 0.25) is 0 Å². The molecule has 1 saturated carbocycles. The summed E-state index contributed by atoms with van der Waals surface area (Å²) in [4.78, 5) is 23.8. The molecule has 5 heteroatoms. The molecule has 0 aliphatic heterocycles. The number of allylic oxidation sites excluding steroid dienone is 4. The number of rotatable bonds is 12. The lowest BCUT2D eigenvalue weighted by molar-refractivity contribution is -0.139. The second-order valence-corrected chi connectivity index (χ2v) is 7.03. The molecule has 0 amide bonds. The number of aliphatic hydroxyl groups is 1. The molecule has 1 aliphatic carbocycles. The maximum absolute atomic E-state index is 12.5. The van der Waals surface area contributed by atoms with Gasteiger partial charge in [0.15, 0.2) is 0 Å². The largest absolute Gasteiger partial charge is 0.481 e. The van der Waals surface area contributed by atoms with E-state index in [2.05, 4.69) is 6.07 Å². The lowest BCUT2D eigenvalue weighted by atomic mass is 9.77. The van der Waals surface area contributed by atoms with E-state index in [0.717, 1.165) is 32.1 Å². The first-order valence-electron chi connectivity index (χ1n) is 9.57. The van der Waals surface area contributed by atoms with E-state index < -0.39 is 11.9 Å². The number of carbonyl (C=O) groups is 2. The Labute approximate surface area is 156 Å². The predicted octanol–water partition coefficient (Wildman–Crippen LogP) is 3.89. The Hall–Kier alpha value is -1.93. The molecule has 1 rings (SSSR count). The molecule has 0 radical (unpaired) electrons. The fourth-order valence-electron chi connectivity index (χ4n) is 3.79. The number of ketones is 1. The van der Waals surface area contributed by atoms with E-state index in [0.29, 0.717) is 6.42 Å². The number of aliphatic carboxylic acids is 1. The second-order valence-electron chi connectivity index (χ2n) is 7.03. The van der Waals surface area contributed by atoms with Crippen molar-refractivity contribution in [3.05, 3.63) is 24.3 Å². The van der Waals surface area contributed by atoms with Crippen LogP contribution in [0.1, 0.15) is 58.3 Å². The molecule has 0 aromatic heterocycles. The minimum atomic E-state index is -0.903. The Bertz CT molecular complexity index is 547. The van der Waals surface area contributed by atoms with Crippen LogP contribution in [0.4, 0.5) is 0 Å². The number of carbonyl (C=O) groups excluding carboxylic acids is 1. The first-order valence-corrected chi connectivity index (χ1v) is 9.57. The smallest absolute Gasteiger partial charge is 0.303 e. The summed E-state index contributed by atoms with van der Waals surface area (Å²) in [7, 11) is 0. The van der Waals surface area contributed by atoms with Gasteiger partial charge < -0.3 is 10.2 Å². The highest BCUT2D eigenvalue weighted by Gasteiger charge is 2.45. The van der Waals surface area contributed by atoms with Gasteiger partial charge in [-0.1, -0.05) is 37.1 Å². The van der Waals surface area contributed by atoms with Crippen LogP contribution < -0.4 is 0 Å². The van der Waals surface area contributed by atoms with Crippen LogP contribution in [0.15, 0.2) is 24.3 Å². The molecule has 1 fully saturated rings. The number of aliphatic hydroxyl groups excluding tert-OH is 1. The summed E-state index contributed by atoms with van der Waals surface area (Å²) in [6.45, 7) is 2.10. The van der Waals surface area contributed by atoms with Crippen LogP contribution in [-0.4, -0.2) is 28.6 Å². The normalized spacial score (nSPS) is 24.3. The van der Waals surface area contributed by atoms with Crippen LogP contribution >= 0.6 is 0 Å². The highest BCUT2D eigenvalue weighted by atomic mass is 16.4. The minimum absolute atomic E-state index is 0.0184. The zero-order chi connectivity index (χ0) is 19.4. The molecule has 26 heavy (non-hydrogen) atoms. The standard InChI is InChI=1S/C21H31NO4/c1-2-3-10-16(14-20(25)26)21-18(17(15-22)13-19(21)24)11-8-6-4-5-7-9-12-23/h2-3,8,11,16-18,21,23H,4-7,9-10,12-14H2,1H3,(H,25,26)/t16-,17?,18?,21?/m1/s1. The molecular weight excluding hydrogens is 330 g/mol. The first-order chi connectivity index (χ1) is 12.5. The summed E-state index contributed by atoms with van der Waals surface area (Å²) in [6.07, 6.45) is 13.2. The summed E-state index contributed by atoms with van der Waals surface area (Å²) < 4.78 is 0. The summed E-state index contributed by atoms with van der Waals surface area (Å²) >= 11 is 0. The molecule has 1 aliphatic rings. The molecule has 0 aromatic rings. The van der Waals surface area contributed by atoms with Crippen molar-refractivity contribution in [3.63, 3.8) is 0 Å². The molecule has 0 saturated heterocycles. The third kappa shape index (κ3) is 7.13. The van der Waals surface area contributed by atoms with Crippen molar-refractivity contribution in [1.82, 2.24) is 0 Å². The minimum Gasteiger partial charge on any atom is -0.481 e. The Balaban J connectivity index is 2.79. The number of carboxylic acids is 1. The molecule has 4 atom stereocenters. The third-order valence-electron chi connectivity index (χ3n) is 5.09. The van der Waals surface area contributed by atoms with E-state index >= 15 is 0 Å². The van der Waals surface area contributed by atoms with Gasteiger partial charge in [0, 0.05) is 31.3 Å². The van der Waals surface area contributed by atoms with Crippen LogP contribution in [0.3, 0.4) is 0 Å². The lowest BCUT2D eigenvalue weighted by Crippen LogP contribution is -2.27. The second kappa shape index (κ2) is 12.4. The van der Waals surface area contributed by atoms with E-state index in [4.69, 9.17) is 5.11 Å². The number of unbranched alkanes of at least 4 members (excludes halogenated alkanes) is 4. The van der Waals surface area contributed by atoms with E-state index in [9.17, 15) is 20.0 Å². The topological polar surface area (TPSA) is 98.4 Å². The van der Waals surface area contributed by atoms with Gasteiger partial charge in [0.05, 0.1) is 12.0 Å². The number of carboxylic acid groups (broad SMARTS) is 1. The molecule has 0 bridgehead atoms. The van der Waals surface area contributed by atoms with Gasteiger partial charge in [0.25, 0.3) is 0 Å². The first kappa shape index (κ1) is 22.1. The molecule has 3 unspecified atom stereocenters. The van der Waals surface area contributed by atoms with Crippen molar-refractivity contribution in [3.8, 4) is 6.07 Å². The average molecular weight is 361 g/mol. The number of Topliss-reactive ketones (excluding diaryl/α,β-unsaturated/α-hetero) is 1. The maximum atomic E-state index is 12.5. The van der Waals surface area contributed by atoms with E-state index in [1.54, 1.807) is 0 Å².